The number of aromatic nitrogens is 1. The molecule has 172 valence electrons. The number of aromatic amines is 1. The second-order valence-electron chi connectivity index (χ2n) is 8.67. The first kappa shape index (κ1) is 22.7. The zero-order valence-corrected chi connectivity index (χ0v) is 19.5. The largest absolute Gasteiger partial charge is 0.356 e. The zero-order valence-electron chi connectivity index (χ0n) is 18.6. The number of hydrogen-bond donors (Lipinski definition) is 1. The van der Waals surface area contributed by atoms with E-state index in [-0.39, 0.29) is 18.2 Å². The minimum absolute atomic E-state index is 0.0632. The number of carbonyl (C=O) groups is 2. The highest BCUT2D eigenvalue weighted by molar-refractivity contribution is 7.89. The number of nitrogens with one attached hydrogen (secondary N) is 1. The number of nitrogens with zero attached hydrogens (tertiary/aromatic N) is 3. The van der Waals surface area contributed by atoms with Gasteiger partial charge in [0.05, 0.1) is 11.4 Å². The fourth-order valence-corrected chi connectivity index (χ4v) is 6.05. The Morgan fingerprint density at radius 2 is 1.66 bits per heavy atom. The first-order valence-corrected chi connectivity index (χ1v) is 12.5. The molecule has 0 saturated carbocycles. The number of benzene rings is 1. The summed E-state index contributed by atoms with van der Waals surface area (Å²) in [6, 6.07) is 6.99. The summed E-state index contributed by atoms with van der Waals surface area (Å²) < 4.78 is 27.6. The average Bonchev–Trinajstić information content (AvgIpc) is 3.46. The van der Waals surface area contributed by atoms with Gasteiger partial charge in [-0.05, 0) is 44.4 Å². The van der Waals surface area contributed by atoms with E-state index in [1.807, 2.05) is 30.9 Å². The van der Waals surface area contributed by atoms with Gasteiger partial charge >= 0.3 is 0 Å². The number of H-pyrrole nitrogens is 1. The Labute approximate surface area is 189 Å². The second-order valence-corrected chi connectivity index (χ2v) is 10.6. The predicted molar refractivity (Wildman–Crippen MR) is 121 cm³/mol. The molecule has 0 aliphatic carbocycles. The van der Waals surface area contributed by atoms with E-state index in [4.69, 9.17) is 0 Å². The lowest BCUT2D eigenvalue weighted by Gasteiger charge is -2.33. The number of piperazine rings is 1. The van der Waals surface area contributed by atoms with E-state index in [1.165, 1.54) is 4.31 Å². The summed E-state index contributed by atoms with van der Waals surface area (Å²) in [6.07, 6.45) is 3.62. The van der Waals surface area contributed by atoms with Crippen molar-refractivity contribution < 1.29 is 18.0 Å². The van der Waals surface area contributed by atoms with E-state index in [2.05, 4.69) is 4.98 Å². The van der Waals surface area contributed by atoms with Gasteiger partial charge in [0.2, 0.25) is 10.0 Å². The van der Waals surface area contributed by atoms with Crippen molar-refractivity contribution in [2.45, 2.75) is 31.6 Å². The van der Waals surface area contributed by atoms with Crippen LogP contribution in [0.3, 0.4) is 0 Å². The molecule has 2 fully saturated rings. The van der Waals surface area contributed by atoms with Crippen LogP contribution in [0.1, 0.15) is 44.8 Å². The smallest absolute Gasteiger partial charge is 0.270 e. The van der Waals surface area contributed by atoms with E-state index in [9.17, 15) is 18.0 Å². The number of hydrogen-bond acceptors (Lipinski definition) is 5. The molecule has 0 unspecified atom stereocenters. The molecular weight excluding hydrogens is 428 g/mol. The number of Topliss-reactive ketones (excluding diaryl/α,β-unsaturated/α-hetero) is 1. The molecule has 1 aromatic heterocycles. The van der Waals surface area contributed by atoms with E-state index in [1.54, 1.807) is 23.2 Å². The molecule has 0 radical (unpaired) electrons. The summed E-state index contributed by atoms with van der Waals surface area (Å²) in [7, 11) is -3.55. The summed E-state index contributed by atoms with van der Waals surface area (Å²) >= 11 is 0. The fraction of sp³-hybridized carbons (Fsp3) is 0.478. The van der Waals surface area contributed by atoms with Crippen LogP contribution in [0, 0.1) is 13.8 Å². The van der Waals surface area contributed by atoms with Crippen LogP contribution >= 0.6 is 0 Å². The highest BCUT2D eigenvalue weighted by atomic mass is 32.2. The van der Waals surface area contributed by atoms with Crippen molar-refractivity contribution in [2.24, 2.45) is 0 Å². The van der Waals surface area contributed by atoms with Gasteiger partial charge in [0.1, 0.15) is 5.69 Å². The molecule has 2 aromatic rings. The second kappa shape index (κ2) is 9.17. The molecule has 1 aromatic carbocycles. The van der Waals surface area contributed by atoms with Gasteiger partial charge in [-0.2, -0.15) is 4.31 Å². The molecule has 0 atom stereocenters. The Kier molecular flexibility index (Phi) is 6.50. The Balaban J connectivity index is 1.34. The third kappa shape index (κ3) is 4.65. The van der Waals surface area contributed by atoms with Crippen molar-refractivity contribution in [1.82, 2.24) is 19.1 Å². The van der Waals surface area contributed by atoms with E-state index >= 15 is 0 Å². The van der Waals surface area contributed by atoms with Crippen LogP contribution in [-0.2, 0) is 10.0 Å². The van der Waals surface area contributed by atoms with Crippen molar-refractivity contribution >= 4 is 21.7 Å². The van der Waals surface area contributed by atoms with Gasteiger partial charge in [-0.1, -0.05) is 17.7 Å². The van der Waals surface area contributed by atoms with Crippen LogP contribution in [0.2, 0.25) is 0 Å². The van der Waals surface area contributed by atoms with Gasteiger partial charge in [-0.25, -0.2) is 8.42 Å². The number of sulfonamides is 1. The molecule has 2 saturated heterocycles. The van der Waals surface area contributed by atoms with Crippen molar-refractivity contribution in [2.75, 3.05) is 45.8 Å². The first-order chi connectivity index (χ1) is 15.3. The average molecular weight is 459 g/mol. The first-order valence-electron chi connectivity index (χ1n) is 11.1. The van der Waals surface area contributed by atoms with Gasteiger partial charge in [0.15, 0.2) is 5.78 Å². The molecule has 9 heteroatoms. The Morgan fingerprint density at radius 1 is 0.969 bits per heavy atom. The standard InChI is InChI=1S/C23H30N4O4S/c1-17-5-6-22(18(2)13-17)32(30,31)27-11-9-25(10-12-27)16-21(28)19-14-20(24-15-19)23(29)26-7-3-4-8-26/h5-6,13-15,24H,3-4,7-12,16H2,1-2H3. The maximum atomic E-state index is 13.0. The SMILES string of the molecule is Cc1ccc(S(=O)(=O)N2CCN(CC(=O)c3c[nH]c(C(=O)N4CCCC4)c3)CC2)c(C)c1. The fourth-order valence-electron chi connectivity index (χ4n) is 4.42. The maximum Gasteiger partial charge on any atom is 0.270 e. The van der Waals surface area contributed by atoms with Gasteiger partial charge in [-0.15, -0.1) is 0 Å². The monoisotopic (exact) mass is 458 g/mol. The lowest BCUT2D eigenvalue weighted by Crippen LogP contribution is -2.49. The third-order valence-corrected chi connectivity index (χ3v) is 8.33. The quantitative estimate of drug-likeness (QED) is 0.669. The van der Waals surface area contributed by atoms with Crippen LogP contribution in [0.4, 0.5) is 0 Å². The van der Waals surface area contributed by atoms with Crippen LogP contribution in [-0.4, -0.2) is 85.0 Å². The molecule has 0 bridgehead atoms. The molecule has 0 spiro atoms. The molecule has 32 heavy (non-hydrogen) atoms. The minimum atomic E-state index is -3.55. The summed E-state index contributed by atoms with van der Waals surface area (Å²) in [5, 5.41) is 0. The molecule has 3 heterocycles. The van der Waals surface area contributed by atoms with Crippen LogP contribution < -0.4 is 0 Å². The van der Waals surface area contributed by atoms with Gasteiger partial charge in [0, 0.05) is 51.0 Å². The molecule has 8 nitrogen and oxygen atoms in total. The Hall–Kier alpha value is -2.49. The lowest BCUT2D eigenvalue weighted by atomic mass is 10.2. The molecule has 2 aliphatic rings. The number of rotatable bonds is 6. The number of likely N-dealkylation sites (tertiary alicyclic amines) is 1. The summed E-state index contributed by atoms with van der Waals surface area (Å²) in [4.78, 5) is 32.2. The number of amides is 1. The van der Waals surface area contributed by atoms with Crippen LogP contribution in [0.15, 0.2) is 35.4 Å². The Bertz CT molecular complexity index is 1110. The normalized spacial score (nSPS) is 18.2. The lowest BCUT2D eigenvalue weighted by molar-refractivity contribution is 0.0787. The number of carbonyl (C=O) groups excluding carboxylic acids is 2. The van der Waals surface area contributed by atoms with E-state index < -0.39 is 10.0 Å². The van der Waals surface area contributed by atoms with Gasteiger partial charge in [-0.3, -0.25) is 14.5 Å². The predicted octanol–water partition coefficient (Wildman–Crippen LogP) is 2.06. The summed E-state index contributed by atoms with van der Waals surface area (Å²) in [6.45, 7) is 7.13. The molecule has 2 aliphatic heterocycles. The summed E-state index contributed by atoms with van der Waals surface area (Å²) in [5.41, 5.74) is 2.70. The third-order valence-electron chi connectivity index (χ3n) is 6.28. The topological polar surface area (TPSA) is 93.8 Å². The Morgan fingerprint density at radius 3 is 2.31 bits per heavy atom. The molecular formula is C23H30N4O4S. The number of aryl methyl sites for hydroxylation is 2. The number of ketones is 1. The van der Waals surface area contributed by atoms with Crippen molar-refractivity contribution in [3.63, 3.8) is 0 Å². The van der Waals surface area contributed by atoms with E-state index in [0.29, 0.717) is 42.3 Å². The molecule has 1 amide bonds. The highest BCUT2D eigenvalue weighted by Crippen LogP contribution is 2.22. The van der Waals surface area contributed by atoms with Crippen molar-refractivity contribution in [1.29, 1.82) is 0 Å². The van der Waals surface area contributed by atoms with Gasteiger partial charge < -0.3 is 9.88 Å². The van der Waals surface area contributed by atoms with Crippen LogP contribution in [0.25, 0.3) is 0 Å². The van der Waals surface area contributed by atoms with E-state index in [0.717, 1.165) is 37.1 Å². The highest BCUT2D eigenvalue weighted by Gasteiger charge is 2.30. The van der Waals surface area contributed by atoms with Crippen molar-refractivity contribution in [3.8, 4) is 0 Å². The van der Waals surface area contributed by atoms with Crippen LogP contribution in [0.5, 0.6) is 0 Å². The zero-order chi connectivity index (χ0) is 22.9. The molecule has 4 rings (SSSR count). The van der Waals surface area contributed by atoms with Gasteiger partial charge in [0.25, 0.3) is 5.91 Å². The molecule has 1 N–H and O–H groups in total. The van der Waals surface area contributed by atoms with Crippen molar-refractivity contribution in [3.05, 3.63) is 52.8 Å². The maximum absolute atomic E-state index is 13.0. The summed E-state index contributed by atoms with van der Waals surface area (Å²) in [5.74, 6) is -0.140. The minimum Gasteiger partial charge on any atom is -0.356 e.